The Kier molecular flexibility index (Phi) is 4.76. The molecule has 0 aliphatic rings. The molecule has 0 saturated carbocycles. The Bertz CT molecular complexity index is 539. The Labute approximate surface area is 119 Å². The first-order valence-electron chi connectivity index (χ1n) is 5.80. The first-order chi connectivity index (χ1) is 9.20. The Morgan fingerprint density at radius 1 is 1.42 bits per heavy atom. The van der Waals surface area contributed by atoms with Gasteiger partial charge in [-0.3, -0.25) is 4.79 Å². The van der Waals surface area contributed by atoms with Crippen molar-refractivity contribution in [1.82, 2.24) is 5.32 Å². The molecule has 100 valence electrons. The first kappa shape index (κ1) is 13.8. The summed E-state index contributed by atoms with van der Waals surface area (Å²) in [6, 6.07) is 11.4. The van der Waals surface area contributed by atoms with E-state index < -0.39 is 0 Å². The van der Waals surface area contributed by atoms with Crippen LogP contribution in [0.2, 0.25) is 0 Å². The summed E-state index contributed by atoms with van der Waals surface area (Å²) >= 11 is 3.16. The van der Waals surface area contributed by atoms with Gasteiger partial charge in [-0.2, -0.15) is 0 Å². The van der Waals surface area contributed by atoms with Crippen LogP contribution in [0.5, 0.6) is 0 Å². The molecule has 0 bridgehead atoms. The van der Waals surface area contributed by atoms with Gasteiger partial charge in [-0.25, -0.2) is 0 Å². The molecular formula is C14H14BrNO3. The SMILES string of the molecule is CO[C@H](CNC(=O)c1coc(Br)c1)c1ccccc1. The molecule has 0 aliphatic heterocycles. The van der Waals surface area contributed by atoms with E-state index in [1.165, 1.54) is 6.26 Å². The van der Waals surface area contributed by atoms with Crippen LogP contribution >= 0.6 is 15.9 Å². The monoisotopic (exact) mass is 323 g/mol. The number of furan rings is 1. The fourth-order valence-corrected chi connectivity index (χ4v) is 2.06. The average molecular weight is 324 g/mol. The summed E-state index contributed by atoms with van der Waals surface area (Å²) < 4.78 is 10.9. The van der Waals surface area contributed by atoms with Crippen LogP contribution in [0.4, 0.5) is 0 Å². The molecule has 2 aromatic rings. The van der Waals surface area contributed by atoms with Gasteiger partial charge in [0.05, 0.1) is 11.7 Å². The predicted octanol–water partition coefficient (Wildman–Crippen LogP) is 3.16. The summed E-state index contributed by atoms with van der Waals surface area (Å²) in [5, 5.41) is 2.82. The molecule has 1 aromatic heterocycles. The Morgan fingerprint density at radius 3 is 2.74 bits per heavy atom. The lowest BCUT2D eigenvalue weighted by molar-refractivity contribution is 0.0827. The number of rotatable bonds is 5. The first-order valence-corrected chi connectivity index (χ1v) is 6.60. The predicted molar refractivity (Wildman–Crippen MR) is 74.9 cm³/mol. The third-order valence-electron chi connectivity index (χ3n) is 2.73. The van der Waals surface area contributed by atoms with E-state index in [4.69, 9.17) is 9.15 Å². The van der Waals surface area contributed by atoms with E-state index in [2.05, 4.69) is 21.2 Å². The van der Waals surface area contributed by atoms with Gasteiger partial charge in [0.25, 0.3) is 5.91 Å². The zero-order chi connectivity index (χ0) is 13.7. The van der Waals surface area contributed by atoms with Crippen LogP contribution in [-0.4, -0.2) is 19.6 Å². The highest BCUT2D eigenvalue weighted by Crippen LogP contribution is 2.16. The number of nitrogens with one attached hydrogen (secondary N) is 1. The molecule has 1 atom stereocenters. The zero-order valence-corrected chi connectivity index (χ0v) is 12.0. The van der Waals surface area contributed by atoms with Gasteiger partial charge in [-0.05, 0) is 21.5 Å². The molecule has 1 N–H and O–H groups in total. The Morgan fingerprint density at radius 2 is 2.16 bits per heavy atom. The molecule has 4 nitrogen and oxygen atoms in total. The number of halogens is 1. The zero-order valence-electron chi connectivity index (χ0n) is 10.4. The maximum absolute atomic E-state index is 11.9. The summed E-state index contributed by atoms with van der Waals surface area (Å²) in [5.74, 6) is -0.188. The van der Waals surface area contributed by atoms with Crippen LogP contribution in [0, 0.1) is 0 Å². The van der Waals surface area contributed by atoms with Crippen molar-refractivity contribution in [2.45, 2.75) is 6.10 Å². The highest BCUT2D eigenvalue weighted by Gasteiger charge is 2.14. The second-order valence-electron chi connectivity index (χ2n) is 3.98. The van der Waals surface area contributed by atoms with Gasteiger partial charge in [0.2, 0.25) is 0 Å². The summed E-state index contributed by atoms with van der Waals surface area (Å²) in [6.45, 7) is 0.405. The van der Waals surface area contributed by atoms with Gasteiger partial charge in [0, 0.05) is 19.7 Å². The second kappa shape index (κ2) is 6.54. The lowest BCUT2D eigenvalue weighted by Gasteiger charge is -2.16. The molecule has 0 unspecified atom stereocenters. The van der Waals surface area contributed by atoms with Crippen LogP contribution in [0.1, 0.15) is 22.0 Å². The van der Waals surface area contributed by atoms with Gasteiger partial charge in [-0.15, -0.1) is 0 Å². The molecule has 19 heavy (non-hydrogen) atoms. The lowest BCUT2D eigenvalue weighted by Crippen LogP contribution is -2.28. The Hall–Kier alpha value is -1.59. The van der Waals surface area contributed by atoms with Crippen molar-refractivity contribution in [3.63, 3.8) is 0 Å². The van der Waals surface area contributed by atoms with E-state index in [9.17, 15) is 4.79 Å². The van der Waals surface area contributed by atoms with Crippen molar-refractivity contribution < 1.29 is 13.9 Å². The molecule has 5 heteroatoms. The average Bonchev–Trinajstić information content (AvgIpc) is 2.87. The molecule has 1 aromatic carbocycles. The van der Waals surface area contributed by atoms with Crippen LogP contribution in [0.3, 0.4) is 0 Å². The number of hydrogen-bond acceptors (Lipinski definition) is 3. The van der Waals surface area contributed by atoms with E-state index in [1.807, 2.05) is 30.3 Å². The van der Waals surface area contributed by atoms with E-state index in [0.29, 0.717) is 16.8 Å². The quantitative estimate of drug-likeness (QED) is 0.919. The normalized spacial score (nSPS) is 12.1. The van der Waals surface area contributed by atoms with Gasteiger partial charge in [0.15, 0.2) is 4.67 Å². The van der Waals surface area contributed by atoms with Crippen molar-refractivity contribution in [2.24, 2.45) is 0 Å². The van der Waals surface area contributed by atoms with Crippen molar-refractivity contribution in [3.05, 3.63) is 58.5 Å². The van der Waals surface area contributed by atoms with Gasteiger partial charge in [-0.1, -0.05) is 30.3 Å². The fraction of sp³-hybridized carbons (Fsp3) is 0.214. The smallest absolute Gasteiger partial charge is 0.254 e. The lowest BCUT2D eigenvalue weighted by atomic mass is 10.1. The molecule has 0 aliphatic carbocycles. The number of ether oxygens (including phenoxy) is 1. The minimum atomic E-state index is -0.188. The van der Waals surface area contributed by atoms with Crippen LogP contribution in [0.15, 0.2) is 51.7 Å². The molecule has 1 amide bonds. The summed E-state index contributed by atoms with van der Waals surface area (Å²) in [7, 11) is 1.62. The van der Waals surface area contributed by atoms with Crippen LogP contribution in [0.25, 0.3) is 0 Å². The largest absolute Gasteiger partial charge is 0.457 e. The van der Waals surface area contributed by atoms with E-state index >= 15 is 0 Å². The molecule has 0 radical (unpaired) electrons. The topological polar surface area (TPSA) is 51.5 Å². The number of methoxy groups -OCH3 is 1. The van der Waals surface area contributed by atoms with E-state index in [0.717, 1.165) is 5.56 Å². The van der Waals surface area contributed by atoms with E-state index in [1.54, 1.807) is 13.2 Å². The third-order valence-corrected chi connectivity index (χ3v) is 3.15. The molecule has 1 heterocycles. The van der Waals surface area contributed by atoms with Crippen molar-refractivity contribution in [1.29, 1.82) is 0 Å². The van der Waals surface area contributed by atoms with E-state index in [-0.39, 0.29) is 12.0 Å². The number of amides is 1. The third kappa shape index (κ3) is 3.68. The maximum atomic E-state index is 11.9. The number of carbonyl (C=O) groups excluding carboxylic acids is 1. The minimum absolute atomic E-state index is 0.166. The molecule has 2 rings (SSSR count). The molecule has 0 spiro atoms. The van der Waals surface area contributed by atoms with Crippen LogP contribution < -0.4 is 5.32 Å². The molecule has 0 saturated heterocycles. The highest BCUT2D eigenvalue weighted by atomic mass is 79.9. The van der Waals surface area contributed by atoms with Crippen molar-refractivity contribution in [2.75, 3.05) is 13.7 Å². The van der Waals surface area contributed by atoms with Gasteiger partial charge in [0.1, 0.15) is 6.26 Å². The van der Waals surface area contributed by atoms with Gasteiger partial charge < -0.3 is 14.5 Å². The molecule has 0 fully saturated rings. The maximum Gasteiger partial charge on any atom is 0.254 e. The van der Waals surface area contributed by atoms with Crippen LogP contribution in [-0.2, 0) is 4.74 Å². The fourth-order valence-electron chi connectivity index (χ4n) is 1.72. The highest BCUT2D eigenvalue weighted by molar-refractivity contribution is 9.10. The summed E-state index contributed by atoms with van der Waals surface area (Å²) in [5.41, 5.74) is 1.51. The summed E-state index contributed by atoms with van der Waals surface area (Å²) in [6.07, 6.45) is 1.24. The van der Waals surface area contributed by atoms with Gasteiger partial charge >= 0.3 is 0 Å². The molecular weight excluding hydrogens is 310 g/mol. The standard InChI is InChI=1S/C14H14BrNO3/c1-18-12(10-5-3-2-4-6-10)8-16-14(17)11-7-13(15)19-9-11/h2-7,9,12H,8H2,1H3,(H,16,17)/t12-/m1/s1. The van der Waals surface area contributed by atoms with Crippen molar-refractivity contribution >= 4 is 21.8 Å². The number of benzene rings is 1. The Balaban J connectivity index is 1.95. The number of carbonyl (C=O) groups is 1. The second-order valence-corrected chi connectivity index (χ2v) is 4.77. The van der Waals surface area contributed by atoms with Crippen molar-refractivity contribution in [3.8, 4) is 0 Å². The summed E-state index contributed by atoms with van der Waals surface area (Å²) in [4.78, 5) is 11.9. The minimum Gasteiger partial charge on any atom is -0.457 e. The number of hydrogen-bond donors (Lipinski definition) is 1.